The number of fused-ring (bicyclic) bond motifs is 5. The van der Waals surface area contributed by atoms with Gasteiger partial charge in [0.25, 0.3) is 5.91 Å². The summed E-state index contributed by atoms with van der Waals surface area (Å²) < 4.78 is 2.94. The summed E-state index contributed by atoms with van der Waals surface area (Å²) in [5.41, 5.74) is 2.07. The number of rotatable bonds is 5. The number of anilines is 1. The highest BCUT2D eigenvalue weighted by Gasteiger charge is 2.24. The molecule has 1 aliphatic heterocycles. The van der Waals surface area contributed by atoms with Gasteiger partial charge in [0.05, 0.1) is 21.3 Å². The van der Waals surface area contributed by atoms with E-state index >= 15 is 0 Å². The van der Waals surface area contributed by atoms with Gasteiger partial charge >= 0.3 is 0 Å². The van der Waals surface area contributed by atoms with E-state index in [0.717, 1.165) is 29.9 Å². The Labute approximate surface area is 177 Å². The van der Waals surface area contributed by atoms with Gasteiger partial charge in [-0.05, 0) is 44.1 Å². The topological polar surface area (TPSA) is 78.7 Å². The molecule has 0 saturated carbocycles. The van der Waals surface area contributed by atoms with Crippen LogP contribution < -0.4 is 16.1 Å². The van der Waals surface area contributed by atoms with Crippen LogP contribution >= 0.6 is 11.3 Å². The average molecular weight is 422 g/mol. The van der Waals surface area contributed by atoms with Gasteiger partial charge in [-0.1, -0.05) is 12.1 Å². The lowest BCUT2D eigenvalue weighted by Crippen LogP contribution is -2.36. The number of carbonyl (C=O) groups excluding carboxylic acids is 1. The first-order valence-corrected chi connectivity index (χ1v) is 11.0. The van der Waals surface area contributed by atoms with Crippen molar-refractivity contribution in [2.24, 2.45) is 0 Å². The summed E-state index contributed by atoms with van der Waals surface area (Å²) in [6, 6.07) is 9.67. The standard InChI is InChI=1S/C22H23N5O2S/c1-23-14-8-9-24-20-17(14)19(28)18(21(29)25-10-13-26-11-4-5-12-26)22-27(20)15-6-2-3-7-16(15)30-22/h2-3,6-9H,4-5,10-13H2,1H3,(H,23,24)(H,25,29). The molecule has 30 heavy (non-hydrogen) atoms. The third-order valence-electron chi connectivity index (χ3n) is 5.74. The number of carbonyl (C=O) groups is 1. The highest BCUT2D eigenvalue weighted by molar-refractivity contribution is 7.24. The second-order valence-corrected chi connectivity index (χ2v) is 8.56. The SMILES string of the molecule is CNc1ccnc2c1c(=O)c(C(=O)NCCN1CCCC1)c1sc3ccccc3n12. The van der Waals surface area contributed by atoms with E-state index in [0.29, 0.717) is 28.1 Å². The van der Waals surface area contributed by atoms with E-state index in [9.17, 15) is 9.59 Å². The molecule has 0 spiro atoms. The minimum Gasteiger partial charge on any atom is -0.387 e. The van der Waals surface area contributed by atoms with Crippen molar-refractivity contribution in [3.63, 3.8) is 0 Å². The second-order valence-electron chi connectivity index (χ2n) is 7.53. The van der Waals surface area contributed by atoms with Gasteiger partial charge in [-0.2, -0.15) is 0 Å². The molecule has 154 valence electrons. The summed E-state index contributed by atoms with van der Waals surface area (Å²) in [5.74, 6) is -0.323. The maximum Gasteiger partial charge on any atom is 0.258 e. The number of amides is 1. The summed E-state index contributed by atoms with van der Waals surface area (Å²) in [7, 11) is 1.77. The first-order chi connectivity index (χ1) is 14.7. The molecule has 1 aliphatic rings. The smallest absolute Gasteiger partial charge is 0.258 e. The van der Waals surface area contributed by atoms with Gasteiger partial charge in [-0.3, -0.25) is 14.0 Å². The third kappa shape index (κ3) is 3.03. The van der Waals surface area contributed by atoms with Crippen LogP contribution in [0, 0.1) is 0 Å². The molecule has 7 nitrogen and oxygen atoms in total. The Morgan fingerprint density at radius 2 is 2.00 bits per heavy atom. The van der Waals surface area contributed by atoms with Crippen molar-refractivity contribution >= 4 is 49.0 Å². The molecule has 1 fully saturated rings. The Hall–Kier alpha value is -2.97. The Kier molecular flexibility index (Phi) is 4.88. The molecule has 4 heterocycles. The van der Waals surface area contributed by atoms with Gasteiger partial charge in [0.2, 0.25) is 5.43 Å². The summed E-state index contributed by atoms with van der Waals surface area (Å²) in [4.78, 5) is 34.2. The zero-order chi connectivity index (χ0) is 20.7. The highest BCUT2D eigenvalue weighted by Crippen LogP contribution is 2.32. The van der Waals surface area contributed by atoms with Gasteiger partial charge in [-0.25, -0.2) is 4.98 Å². The number of nitrogens with one attached hydrogen (secondary N) is 2. The largest absolute Gasteiger partial charge is 0.387 e. The van der Waals surface area contributed by atoms with E-state index < -0.39 is 0 Å². The van der Waals surface area contributed by atoms with E-state index in [-0.39, 0.29) is 16.9 Å². The lowest BCUT2D eigenvalue weighted by Gasteiger charge is -2.15. The van der Waals surface area contributed by atoms with Gasteiger partial charge in [0.1, 0.15) is 10.4 Å². The molecule has 0 atom stereocenters. The number of thiazole rings is 1. The minimum absolute atomic E-state index is 0.189. The zero-order valence-electron chi connectivity index (χ0n) is 16.8. The maximum atomic E-state index is 13.5. The van der Waals surface area contributed by atoms with Crippen LogP contribution in [0.3, 0.4) is 0 Å². The van der Waals surface area contributed by atoms with Crippen LogP contribution in [0.2, 0.25) is 0 Å². The molecule has 5 rings (SSSR count). The third-order valence-corrected chi connectivity index (χ3v) is 6.88. The molecule has 8 heteroatoms. The van der Waals surface area contributed by atoms with Gasteiger partial charge in [0, 0.05) is 26.3 Å². The normalized spacial score (nSPS) is 14.7. The minimum atomic E-state index is -0.323. The molecule has 0 aliphatic carbocycles. The number of aromatic nitrogens is 2. The number of hydrogen-bond donors (Lipinski definition) is 2. The summed E-state index contributed by atoms with van der Waals surface area (Å²) in [5, 5.41) is 6.49. The number of likely N-dealkylation sites (tertiary alicyclic amines) is 1. The first kappa shape index (κ1) is 19.0. The van der Waals surface area contributed by atoms with Crippen LogP contribution in [0.25, 0.3) is 26.1 Å². The van der Waals surface area contributed by atoms with Crippen molar-refractivity contribution < 1.29 is 4.79 Å². The number of benzene rings is 1. The predicted molar refractivity (Wildman–Crippen MR) is 122 cm³/mol. The fourth-order valence-corrected chi connectivity index (χ4v) is 5.44. The molecule has 4 aromatic rings. The second kappa shape index (κ2) is 7.70. The summed E-state index contributed by atoms with van der Waals surface area (Å²) in [6.45, 7) is 3.48. The Morgan fingerprint density at radius 1 is 1.20 bits per heavy atom. The van der Waals surface area contributed by atoms with E-state index in [4.69, 9.17) is 0 Å². The molecule has 0 bridgehead atoms. The molecule has 0 radical (unpaired) electrons. The van der Waals surface area contributed by atoms with Crippen molar-refractivity contribution in [1.29, 1.82) is 0 Å². The Bertz CT molecular complexity index is 1320. The molecular formula is C22H23N5O2S. The summed E-state index contributed by atoms with van der Waals surface area (Å²) in [6.07, 6.45) is 4.10. The maximum absolute atomic E-state index is 13.5. The quantitative estimate of drug-likeness (QED) is 0.518. The monoisotopic (exact) mass is 421 g/mol. The van der Waals surface area contributed by atoms with Crippen LogP contribution in [0.5, 0.6) is 0 Å². The predicted octanol–water partition coefficient (Wildman–Crippen LogP) is 2.93. The number of hydrogen-bond acceptors (Lipinski definition) is 6. The lowest BCUT2D eigenvalue weighted by molar-refractivity contribution is 0.0950. The molecule has 1 amide bonds. The molecular weight excluding hydrogens is 398 g/mol. The molecule has 3 aromatic heterocycles. The van der Waals surface area contributed by atoms with Crippen molar-refractivity contribution in [1.82, 2.24) is 19.6 Å². The van der Waals surface area contributed by atoms with E-state index in [1.807, 2.05) is 28.7 Å². The summed E-state index contributed by atoms with van der Waals surface area (Å²) >= 11 is 1.45. The fraction of sp³-hybridized carbons (Fsp3) is 0.318. The van der Waals surface area contributed by atoms with Gasteiger partial charge in [-0.15, -0.1) is 11.3 Å². The average Bonchev–Trinajstić information content (AvgIpc) is 3.41. The van der Waals surface area contributed by atoms with Crippen molar-refractivity contribution in [3.05, 3.63) is 52.3 Å². The van der Waals surface area contributed by atoms with Crippen molar-refractivity contribution in [3.8, 4) is 0 Å². The van der Waals surface area contributed by atoms with Crippen LogP contribution in [-0.2, 0) is 0 Å². The van der Waals surface area contributed by atoms with E-state index in [2.05, 4.69) is 20.5 Å². The fourth-order valence-electron chi connectivity index (χ4n) is 4.26. The van der Waals surface area contributed by atoms with E-state index in [1.165, 1.54) is 24.2 Å². The number of nitrogens with zero attached hydrogens (tertiary/aromatic N) is 3. The molecule has 1 saturated heterocycles. The first-order valence-electron chi connectivity index (χ1n) is 10.2. The van der Waals surface area contributed by atoms with Crippen LogP contribution in [0.4, 0.5) is 5.69 Å². The highest BCUT2D eigenvalue weighted by atomic mass is 32.1. The van der Waals surface area contributed by atoms with Crippen molar-refractivity contribution in [2.75, 3.05) is 38.5 Å². The Morgan fingerprint density at radius 3 is 2.80 bits per heavy atom. The number of para-hydroxylation sites is 1. The van der Waals surface area contributed by atoms with Crippen LogP contribution in [0.15, 0.2) is 41.3 Å². The van der Waals surface area contributed by atoms with Gasteiger partial charge < -0.3 is 15.5 Å². The van der Waals surface area contributed by atoms with E-state index in [1.54, 1.807) is 19.3 Å². The number of pyridine rings is 2. The van der Waals surface area contributed by atoms with Crippen LogP contribution in [0.1, 0.15) is 23.2 Å². The van der Waals surface area contributed by atoms with Crippen molar-refractivity contribution in [2.45, 2.75) is 12.8 Å². The Balaban J connectivity index is 1.68. The van der Waals surface area contributed by atoms with Gasteiger partial charge in [0.15, 0.2) is 5.65 Å². The molecule has 1 aromatic carbocycles. The molecule has 0 unspecified atom stereocenters. The molecule has 2 N–H and O–H groups in total. The lowest BCUT2D eigenvalue weighted by atomic mass is 10.1. The zero-order valence-corrected chi connectivity index (χ0v) is 17.6. The van der Waals surface area contributed by atoms with Crippen LogP contribution in [-0.4, -0.2) is 53.4 Å².